The quantitative estimate of drug-likeness (QED) is 0.880. The molecule has 1 fully saturated rings. The van der Waals surface area contributed by atoms with Gasteiger partial charge in [0.1, 0.15) is 22.9 Å². The number of ether oxygens (including phenoxy) is 1. The van der Waals surface area contributed by atoms with E-state index < -0.39 is 0 Å². The third-order valence-corrected chi connectivity index (χ3v) is 5.55. The molecule has 2 aliphatic rings. The topological polar surface area (TPSA) is 37.6 Å². The summed E-state index contributed by atoms with van der Waals surface area (Å²) in [5.41, 5.74) is 2.07. The number of nitrogens with zero attached hydrogens (tertiary/aromatic N) is 1. The minimum Gasteiger partial charge on any atom is -0.482 e. The van der Waals surface area contributed by atoms with Crippen LogP contribution in [0.4, 0.5) is 0 Å². The summed E-state index contributed by atoms with van der Waals surface area (Å²) in [7, 11) is 0. The van der Waals surface area contributed by atoms with Crippen LogP contribution in [-0.4, -0.2) is 36.7 Å². The summed E-state index contributed by atoms with van der Waals surface area (Å²) in [6.07, 6.45) is 4.27. The van der Waals surface area contributed by atoms with Crippen LogP contribution in [0.2, 0.25) is 0 Å². The molecule has 1 aromatic carbocycles. The first-order valence-corrected chi connectivity index (χ1v) is 9.76. The van der Waals surface area contributed by atoms with E-state index in [-0.39, 0.29) is 5.60 Å². The molecule has 0 atom stereocenters. The minimum atomic E-state index is -0.221. The Morgan fingerprint density at radius 1 is 1.04 bits per heavy atom. The molecule has 4 rings (SSSR count). The fourth-order valence-corrected chi connectivity index (χ4v) is 3.94. The van der Waals surface area contributed by atoms with Gasteiger partial charge < -0.3 is 14.5 Å². The van der Waals surface area contributed by atoms with E-state index in [4.69, 9.17) is 9.15 Å². The molecule has 1 aromatic heterocycles. The molecule has 0 bridgehead atoms. The highest BCUT2D eigenvalue weighted by Crippen LogP contribution is 2.42. The first kappa shape index (κ1) is 17.4. The first-order chi connectivity index (χ1) is 12.7. The molecule has 3 heterocycles. The van der Waals surface area contributed by atoms with E-state index in [2.05, 4.69) is 60.5 Å². The van der Waals surface area contributed by atoms with Gasteiger partial charge in [-0.3, -0.25) is 4.90 Å². The lowest BCUT2D eigenvalue weighted by atomic mass is 9.85. The fraction of sp³-hybridized carbons (Fsp3) is 0.455. The van der Waals surface area contributed by atoms with E-state index >= 15 is 0 Å². The Morgan fingerprint density at radius 2 is 1.81 bits per heavy atom. The average Bonchev–Trinajstić information content (AvgIpc) is 3.14. The maximum absolute atomic E-state index is 6.45. The van der Waals surface area contributed by atoms with E-state index in [0.29, 0.717) is 0 Å². The van der Waals surface area contributed by atoms with Gasteiger partial charge >= 0.3 is 0 Å². The third-order valence-electron chi connectivity index (χ3n) is 5.55. The molecule has 4 nitrogen and oxygen atoms in total. The standard InChI is InChI=1S/C22H28N2O2/c1-3-24(4-2)16-17-9-10-20(25-17)19-15-22(11-13-23-14-12-22)26-21-8-6-5-7-18(19)21/h5-10,15,23H,3-4,11-14,16H2,1-2H3. The summed E-state index contributed by atoms with van der Waals surface area (Å²) in [5.74, 6) is 2.93. The molecule has 1 spiro atoms. The van der Waals surface area contributed by atoms with E-state index in [1.165, 1.54) is 5.57 Å². The molecule has 138 valence electrons. The Morgan fingerprint density at radius 3 is 2.58 bits per heavy atom. The molecule has 0 saturated carbocycles. The van der Waals surface area contributed by atoms with E-state index in [0.717, 1.165) is 68.4 Å². The number of rotatable bonds is 5. The van der Waals surface area contributed by atoms with Crippen molar-refractivity contribution in [1.29, 1.82) is 0 Å². The second-order valence-electron chi connectivity index (χ2n) is 7.20. The van der Waals surface area contributed by atoms with Crippen LogP contribution in [-0.2, 0) is 6.54 Å². The Hall–Kier alpha value is -2.04. The van der Waals surface area contributed by atoms with Crippen LogP contribution in [0.5, 0.6) is 5.75 Å². The van der Waals surface area contributed by atoms with E-state index in [1.807, 2.05) is 6.07 Å². The first-order valence-electron chi connectivity index (χ1n) is 9.76. The smallest absolute Gasteiger partial charge is 0.134 e. The van der Waals surface area contributed by atoms with Crippen LogP contribution in [0.15, 0.2) is 46.9 Å². The van der Waals surface area contributed by atoms with Crippen molar-refractivity contribution in [2.24, 2.45) is 0 Å². The fourth-order valence-electron chi connectivity index (χ4n) is 3.94. The summed E-state index contributed by atoms with van der Waals surface area (Å²) in [6, 6.07) is 12.5. The minimum absolute atomic E-state index is 0.221. The van der Waals surface area contributed by atoms with Gasteiger partial charge in [-0.15, -0.1) is 0 Å². The van der Waals surface area contributed by atoms with Crippen molar-refractivity contribution in [3.63, 3.8) is 0 Å². The van der Waals surface area contributed by atoms with Crippen molar-refractivity contribution in [2.75, 3.05) is 26.2 Å². The number of benzene rings is 1. The van der Waals surface area contributed by atoms with Crippen molar-refractivity contribution >= 4 is 5.57 Å². The van der Waals surface area contributed by atoms with Gasteiger partial charge in [0.15, 0.2) is 0 Å². The zero-order valence-electron chi connectivity index (χ0n) is 15.8. The summed E-state index contributed by atoms with van der Waals surface area (Å²) >= 11 is 0. The van der Waals surface area contributed by atoms with Crippen LogP contribution < -0.4 is 10.1 Å². The SMILES string of the molecule is CCN(CC)Cc1ccc(C2=CC3(CCNCC3)Oc3ccccc32)o1. The van der Waals surface area contributed by atoms with Crippen LogP contribution in [0.1, 0.15) is 43.8 Å². The largest absolute Gasteiger partial charge is 0.482 e. The van der Waals surface area contributed by atoms with Gasteiger partial charge in [-0.05, 0) is 50.5 Å². The zero-order chi connectivity index (χ0) is 18.0. The van der Waals surface area contributed by atoms with Crippen LogP contribution in [0.25, 0.3) is 5.57 Å². The predicted molar refractivity (Wildman–Crippen MR) is 104 cm³/mol. The van der Waals surface area contributed by atoms with Crippen molar-refractivity contribution < 1.29 is 9.15 Å². The number of hydrogen-bond donors (Lipinski definition) is 1. The lowest BCUT2D eigenvalue weighted by molar-refractivity contribution is 0.0815. The number of piperidine rings is 1. The number of para-hydroxylation sites is 1. The van der Waals surface area contributed by atoms with E-state index in [9.17, 15) is 0 Å². The lowest BCUT2D eigenvalue weighted by Crippen LogP contribution is -2.46. The molecule has 26 heavy (non-hydrogen) atoms. The van der Waals surface area contributed by atoms with Gasteiger partial charge in [-0.25, -0.2) is 0 Å². The lowest BCUT2D eigenvalue weighted by Gasteiger charge is -2.39. The van der Waals surface area contributed by atoms with Gasteiger partial charge in [0, 0.05) is 24.0 Å². The second-order valence-corrected chi connectivity index (χ2v) is 7.20. The Kier molecular flexibility index (Phi) is 4.88. The molecular weight excluding hydrogens is 324 g/mol. The predicted octanol–water partition coefficient (Wildman–Crippen LogP) is 4.07. The van der Waals surface area contributed by atoms with Gasteiger partial charge in [0.2, 0.25) is 0 Å². The van der Waals surface area contributed by atoms with Crippen molar-refractivity contribution in [2.45, 2.75) is 38.8 Å². The maximum atomic E-state index is 6.45. The second kappa shape index (κ2) is 7.29. The summed E-state index contributed by atoms with van der Waals surface area (Å²) in [5, 5.41) is 3.44. The van der Waals surface area contributed by atoms with E-state index in [1.54, 1.807) is 0 Å². The van der Waals surface area contributed by atoms with Crippen LogP contribution in [0, 0.1) is 0 Å². The van der Waals surface area contributed by atoms with Crippen molar-refractivity contribution in [1.82, 2.24) is 10.2 Å². The zero-order valence-corrected chi connectivity index (χ0v) is 15.8. The van der Waals surface area contributed by atoms with Crippen LogP contribution >= 0.6 is 0 Å². The molecule has 0 radical (unpaired) electrons. The molecule has 4 heteroatoms. The molecule has 1 N–H and O–H groups in total. The van der Waals surface area contributed by atoms with Gasteiger partial charge in [0.25, 0.3) is 0 Å². The van der Waals surface area contributed by atoms with Crippen molar-refractivity contribution in [3.8, 4) is 5.75 Å². The average molecular weight is 352 g/mol. The highest BCUT2D eigenvalue weighted by Gasteiger charge is 2.37. The summed E-state index contributed by atoms with van der Waals surface area (Å²) in [4.78, 5) is 2.36. The monoisotopic (exact) mass is 352 g/mol. The molecule has 0 unspecified atom stereocenters. The summed E-state index contributed by atoms with van der Waals surface area (Å²) in [6.45, 7) is 9.25. The molecule has 1 saturated heterocycles. The van der Waals surface area contributed by atoms with Crippen molar-refractivity contribution in [3.05, 3.63) is 59.6 Å². The number of fused-ring (bicyclic) bond motifs is 1. The molecule has 2 aliphatic heterocycles. The molecule has 0 amide bonds. The number of furan rings is 1. The maximum Gasteiger partial charge on any atom is 0.134 e. The number of hydrogen-bond acceptors (Lipinski definition) is 4. The molecular formula is C22H28N2O2. The highest BCUT2D eigenvalue weighted by atomic mass is 16.5. The Labute approximate surface area is 155 Å². The number of nitrogens with one attached hydrogen (secondary N) is 1. The van der Waals surface area contributed by atoms with Gasteiger partial charge in [0.05, 0.1) is 6.54 Å². The van der Waals surface area contributed by atoms with Gasteiger partial charge in [-0.2, -0.15) is 0 Å². The van der Waals surface area contributed by atoms with Crippen LogP contribution in [0.3, 0.4) is 0 Å². The highest BCUT2D eigenvalue weighted by molar-refractivity contribution is 5.82. The Bertz CT molecular complexity index is 783. The Balaban J connectivity index is 1.69. The van der Waals surface area contributed by atoms with Gasteiger partial charge in [-0.1, -0.05) is 32.0 Å². The molecule has 2 aromatic rings. The third kappa shape index (κ3) is 3.31. The normalized spacial score (nSPS) is 18.5. The molecule has 0 aliphatic carbocycles. The summed E-state index contributed by atoms with van der Waals surface area (Å²) < 4.78 is 12.7.